The van der Waals surface area contributed by atoms with Crippen molar-refractivity contribution in [2.75, 3.05) is 0 Å². The average molecular weight is 269 g/mol. The molecule has 5 heteroatoms. The summed E-state index contributed by atoms with van der Waals surface area (Å²) in [6.07, 6.45) is 0. The van der Waals surface area contributed by atoms with Crippen molar-refractivity contribution in [2.24, 2.45) is 7.05 Å². The molecule has 0 atom stereocenters. The molecule has 0 bridgehead atoms. The number of aryl methyl sites for hydroxylation is 3. The van der Waals surface area contributed by atoms with E-state index in [0.717, 1.165) is 11.3 Å². The second-order valence-corrected chi connectivity index (χ2v) is 4.41. The number of nitrogens with zero attached hydrogens (tertiary/aromatic N) is 2. The molecule has 2 rings (SSSR count). The number of aromatic nitrogens is 2. The molecular formula is C13H14ClFN2O. The molecule has 0 amide bonds. The summed E-state index contributed by atoms with van der Waals surface area (Å²) in [6, 6.07) is 4.62. The van der Waals surface area contributed by atoms with E-state index in [4.69, 9.17) is 16.3 Å². The molecule has 2 aromatic rings. The van der Waals surface area contributed by atoms with Crippen LogP contribution in [-0.2, 0) is 12.9 Å². The van der Waals surface area contributed by atoms with E-state index in [9.17, 15) is 4.39 Å². The zero-order valence-corrected chi connectivity index (χ0v) is 11.3. The van der Waals surface area contributed by atoms with Crippen molar-refractivity contribution in [3.8, 4) is 11.6 Å². The molecule has 1 aromatic carbocycles. The quantitative estimate of drug-likeness (QED) is 0.794. The van der Waals surface area contributed by atoms with Crippen molar-refractivity contribution in [2.45, 2.75) is 19.7 Å². The third-order valence-corrected chi connectivity index (χ3v) is 3.03. The molecule has 0 unspecified atom stereocenters. The van der Waals surface area contributed by atoms with Crippen LogP contribution in [0, 0.1) is 19.7 Å². The van der Waals surface area contributed by atoms with E-state index in [1.165, 1.54) is 6.07 Å². The van der Waals surface area contributed by atoms with Gasteiger partial charge in [-0.2, -0.15) is 5.10 Å². The lowest BCUT2D eigenvalue weighted by molar-refractivity contribution is 0.426. The smallest absolute Gasteiger partial charge is 0.222 e. The Kier molecular flexibility index (Phi) is 3.57. The van der Waals surface area contributed by atoms with Crippen LogP contribution < -0.4 is 4.74 Å². The number of ether oxygens (including phenoxy) is 1. The van der Waals surface area contributed by atoms with Crippen molar-refractivity contribution in [1.29, 1.82) is 0 Å². The highest BCUT2D eigenvalue weighted by molar-refractivity contribution is 6.17. The van der Waals surface area contributed by atoms with Gasteiger partial charge in [0, 0.05) is 7.05 Å². The number of hydrogen-bond donors (Lipinski definition) is 0. The summed E-state index contributed by atoms with van der Waals surface area (Å²) in [7, 11) is 1.79. The minimum atomic E-state index is -0.249. The highest BCUT2D eigenvalue weighted by atomic mass is 35.5. The van der Waals surface area contributed by atoms with Gasteiger partial charge in [0.15, 0.2) is 0 Å². The Morgan fingerprint density at radius 3 is 2.72 bits per heavy atom. The van der Waals surface area contributed by atoms with Crippen LogP contribution in [0.2, 0.25) is 0 Å². The number of benzene rings is 1. The zero-order chi connectivity index (χ0) is 13.3. The molecule has 1 heterocycles. The van der Waals surface area contributed by atoms with E-state index in [1.807, 2.05) is 6.92 Å². The van der Waals surface area contributed by atoms with Gasteiger partial charge in [0.05, 0.1) is 17.1 Å². The minimum absolute atomic E-state index is 0.249. The topological polar surface area (TPSA) is 27.1 Å². The minimum Gasteiger partial charge on any atom is -0.439 e. The average Bonchev–Trinajstić information content (AvgIpc) is 2.58. The molecule has 1 aromatic heterocycles. The monoisotopic (exact) mass is 268 g/mol. The molecule has 0 N–H and O–H groups in total. The predicted molar refractivity (Wildman–Crippen MR) is 68.7 cm³/mol. The van der Waals surface area contributed by atoms with Crippen LogP contribution in [0.25, 0.3) is 0 Å². The van der Waals surface area contributed by atoms with Crippen LogP contribution in [0.15, 0.2) is 18.2 Å². The molecule has 0 aliphatic rings. The maximum atomic E-state index is 13.2. The van der Waals surface area contributed by atoms with Gasteiger partial charge in [-0.3, -0.25) is 0 Å². The van der Waals surface area contributed by atoms with Crippen molar-refractivity contribution < 1.29 is 9.13 Å². The Morgan fingerprint density at radius 2 is 2.11 bits per heavy atom. The molecule has 0 saturated heterocycles. The van der Waals surface area contributed by atoms with Gasteiger partial charge in [-0.25, -0.2) is 9.07 Å². The first kappa shape index (κ1) is 12.9. The van der Waals surface area contributed by atoms with E-state index in [2.05, 4.69) is 5.10 Å². The largest absolute Gasteiger partial charge is 0.439 e. The van der Waals surface area contributed by atoms with E-state index < -0.39 is 0 Å². The van der Waals surface area contributed by atoms with Crippen LogP contribution in [0.4, 0.5) is 4.39 Å². The number of rotatable bonds is 3. The number of halogens is 2. The first-order valence-electron chi connectivity index (χ1n) is 5.55. The van der Waals surface area contributed by atoms with Gasteiger partial charge < -0.3 is 4.74 Å². The van der Waals surface area contributed by atoms with Gasteiger partial charge in [0.1, 0.15) is 11.6 Å². The zero-order valence-electron chi connectivity index (χ0n) is 10.5. The van der Waals surface area contributed by atoms with E-state index >= 15 is 0 Å². The van der Waals surface area contributed by atoms with Gasteiger partial charge in [-0.1, -0.05) is 0 Å². The molecule has 0 spiro atoms. The van der Waals surface area contributed by atoms with Crippen molar-refractivity contribution >= 4 is 11.6 Å². The highest BCUT2D eigenvalue weighted by Crippen LogP contribution is 2.29. The van der Waals surface area contributed by atoms with Crippen LogP contribution in [0.3, 0.4) is 0 Å². The fraction of sp³-hybridized carbons (Fsp3) is 0.308. The summed E-state index contributed by atoms with van der Waals surface area (Å²) in [4.78, 5) is 0. The molecule has 0 radical (unpaired) electrons. The summed E-state index contributed by atoms with van der Waals surface area (Å²) >= 11 is 5.88. The lowest BCUT2D eigenvalue weighted by Crippen LogP contribution is -1.97. The van der Waals surface area contributed by atoms with Crippen LogP contribution in [0.1, 0.15) is 16.8 Å². The van der Waals surface area contributed by atoms with Gasteiger partial charge in [0.2, 0.25) is 5.88 Å². The lowest BCUT2D eigenvalue weighted by Gasteiger charge is -2.08. The second-order valence-electron chi connectivity index (χ2n) is 4.14. The third kappa shape index (κ3) is 2.34. The first-order chi connectivity index (χ1) is 8.52. The third-order valence-electron chi connectivity index (χ3n) is 2.77. The fourth-order valence-corrected chi connectivity index (χ4v) is 2.06. The van der Waals surface area contributed by atoms with E-state index in [1.54, 1.807) is 30.8 Å². The SMILES string of the molecule is Cc1cc(Oc2c(CCl)c(C)nn2C)ccc1F. The molecule has 0 saturated carbocycles. The maximum Gasteiger partial charge on any atom is 0.222 e. The lowest BCUT2D eigenvalue weighted by atomic mass is 10.2. The molecule has 3 nitrogen and oxygen atoms in total. The van der Waals surface area contributed by atoms with Crippen LogP contribution in [-0.4, -0.2) is 9.78 Å². The van der Waals surface area contributed by atoms with Crippen LogP contribution >= 0.6 is 11.6 Å². The van der Waals surface area contributed by atoms with Crippen molar-refractivity contribution in [3.05, 3.63) is 40.8 Å². The first-order valence-corrected chi connectivity index (χ1v) is 6.09. The maximum absolute atomic E-state index is 13.2. The van der Waals surface area contributed by atoms with E-state index in [0.29, 0.717) is 23.1 Å². The Bertz CT molecular complexity index is 581. The number of alkyl halides is 1. The summed E-state index contributed by atoms with van der Waals surface area (Å²) in [6.45, 7) is 3.57. The molecular weight excluding hydrogens is 255 g/mol. The Labute approximate surface area is 110 Å². The fourth-order valence-electron chi connectivity index (χ4n) is 1.75. The normalized spacial score (nSPS) is 10.7. The summed E-state index contributed by atoms with van der Waals surface area (Å²) in [5.41, 5.74) is 2.22. The Balaban J connectivity index is 2.36. The summed E-state index contributed by atoms with van der Waals surface area (Å²) in [5.74, 6) is 1.24. The van der Waals surface area contributed by atoms with Gasteiger partial charge in [0.25, 0.3) is 0 Å². The Morgan fingerprint density at radius 1 is 1.39 bits per heavy atom. The predicted octanol–water partition coefficient (Wildman–Crippen LogP) is 3.71. The molecule has 0 aliphatic heterocycles. The van der Waals surface area contributed by atoms with Gasteiger partial charge >= 0.3 is 0 Å². The van der Waals surface area contributed by atoms with Crippen molar-refractivity contribution in [3.63, 3.8) is 0 Å². The van der Waals surface area contributed by atoms with E-state index in [-0.39, 0.29) is 5.82 Å². The second kappa shape index (κ2) is 4.98. The highest BCUT2D eigenvalue weighted by Gasteiger charge is 2.14. The van der Waals surface area contributed by atoms with Crippen LogP contribution in [0.5, 0.6) is 11.6 Å². The van der Waals surface area contributed by atoms with Gasteiger partial charge in [-0.05, 0) is 37.6 Å². The Hall–Kier alpha value is -1.55. The molecule has 96 valence electrons. The van der Waals surface area contributed by atoms with Crippen molar-refractivity contribution in [1.82, 2.24) is 9.78 Å². The number of hydrogen-bond acceptors (Lipinski definition) is 2. The molecule has 0 aliphatic carbocycles. The molecule has 0 fully saturated rings. The molecule has 18 heavy (non-hydrogen) atoms. The summed E-state index contributed by atoms with van der Waals surface area (Å²) in [5, 5.41) is 4.25. The summed E-state index contributed by atoms with van der Waals surface area (Å²) < 4.78 is 20.5. The van der Waals surface area contributed by atoms with Gasteiger partial charge in [-0.15, -0.1) is 11.6 Å². The standard InChI is InChI=1S/C13H14ClFN2O/c1-8-6-10(4-5-12(8)15)18-13-11(7-14)9(2)16-17(13)3/h4-6H,7H2,1-3H3.